The van der Waals surface area contributed by atoms with Crippen LogP contribution in [0.15, 0.2) is 0 Å². The zero-order valence-electron chi connectivity index (χ0n) is 8.88. The number of rotatable bonds is 7. The lowest BCUT2D eigenvalue weighted by Crippen LogP contribution is -2.39. The maximum atomic E-state index is 11.0. The average Bonchev–Trinajstić information content (AvgIpc) is 2.83. The van der Waals surface area contributed by atoms with E-state index in [2.05, 4.69) is 5.32 Å². The molecule has 1 heterocycles. The maximum absolute atomic E-state index is 11.0. The molecular weight excluding hydrogens is 238 g/mol. The molecule has 0 aliphatic carbocycles. The Bertz CT molecular complexity index is 336. The maximum Gasteiger partial charge on any atom is 0.274 e. The van der Waals surface area contributed by atoms with Gasteiger partial charge in [0.1, 0.15) is 6.10 Å². The summed E-state index contributed by atoms with van der Waals surface area (Å²) in [4.78, 5) is 11.0. The molecule has 1 aliphatic rings. The first kappa shape index (κ1) is 13.4. The summed E-state index contributed by atoms with van der Waals surface area (Å²) in [5.74, 6) is -1.68. The van der Waals surface area contributed by atoms with Crippen LogP contribution in [0.2, 0.25) is 0 Å². The van der Waals surface area contributed by atoms with E-state index in [1.807, 2.05) is 0 Å². The Labute approximate surface area is 93.9 Å². The number of hydrogen-bond donors (Lipinski definition) is 2. The van der Waals surface area contributed by atoms with Crippen molar-refractivity contribution in [2.24, 2.45) is 0 Å². The van der Waals surface area contributed by atoms with Gasteiger partial charge in [0.05, 0.1) is 19.8 Å². The minimum Gasteiger partial charge on any atom is -0.377 e. The van der Waals surface area contributed by atoms with Crippen LogP contribution in [0.5, 0.6) is 0 Å². The van der Waals surface area contributed by atoms with Crippen molar-refractivity contribution in [3.05, 3.63) is 0 Å². The fourth-order valence-corrected chi connectivity index (χ4v) is 1.48. The molecule has 1 fully saturated rings. The van der Waals surface area contributed by atoms with Crippen molar-refractivity contribution in [2.45, 2.75) is 19.1 Å². The zero-order valence-corrected chi connectivity index (χ0v) is 9.70. The first-order valence-corrected chi connectivity index (χ1v) is 6.41. The molecule has 94 valence electrons. The second kappa shape index (κ2) is 5.58. The number of ether oxygens (including phenoxy) is 2. The van der Waals surface area contributed by atoms with Crippen LogP contribution in [-0.4, -0.2) is 56.6 Å². The molecule has 8 heteroatoms. The largest absolute Gasteiger partial charge is 0.377 e. The van der Waals surface area contributed by atoms with Crippen molar-refractivity contribution in [3.63, 3.8) is 0 Å². The SMILES string of the molecule is CC(COCC1CO1)NC(=O)CS(=O)(=O)O. The molecule has 1 aliphatic heterocycles. The predicted molar refractivity (Wildman–Crippen MR) is 54.6 cm³/mol. The standard InChI is InChI=1S/C8H15NO6S/c1-6(2-14-3-7-4-15-7)9-8(10)5-16(11,12)13/h6-7H,2-5H2,1H3,(H,9,10)(H,11,12,13). The number of hydrogen-bond acceptors (Lipinski definition) is 5. The molecular formula is C8H15NO6S. The summed E-state index contributed by atoms with van der Waals surface area (Å²) in [6.45, 7) is 3.12. The minimum absolute atomic E-state index is 0.153. The minimum atomic E-state index is -4.27. The van der Waals surface area contributed by atoms with Crippen molar-refractivity contribution in [1.82, 2.24) is 5.32 Å². The van der Waals surface area contributed by atoms with Crippen LogP contribution in [0.3, 0.4) is 0 Å². The highest BCUT2D eigenvalue weighted by Gasteiger charge is 2.22. The molecule has 0 aromatic heterocycles. The quantitative estimate of drug-likeness (QED) is 0.436. The number of epoxide rings is 1. The van der Waals surface area contributed by atoms with Crippen molar-refractivity contribution in [2.75, 3.05) is 25.6 Å². The highest BCUT2D eigenvalue weighted by molar-refractivity contribution is 7.86. The van der Waals surface area contributed by atoms with Crippen molar-refractivity contribution < 1.29 is 27.2 Å². The third kappa shape index (κ3) is 6.72. The fraction of sp³-hybridized carbons (Fsp3) is 0.875. The summed E-state index contributed by atoms with van der Waals surface area (Å²) in [6.07, 6.45) is 0.153. The van der Waals surface area contributed by atoms with Gasteiger partial charge in [-0.25, -0.2) is 0 Å². The summed E-state index contributed by atoms with van der Waals surface area (Å²) in [5.41, 5.74) is 0. The summed E-state index contributed by atoms with van der Waals surface area (Å²) >= 11 is 0. The number of carbonyl (C=O) groups excluding carboxylic acids is 1. The lowest BCUT2D eigenvalue weighted by molar-refractivity contribution is -0.119. The smallest absolute Gasteiger partial charge is 0.274 e. The Morgan fingerprint density at radius 3 is 2.81 bits per heavy atom. The van der Waals surface area contributed by atoms with E-state index in [0.717, 1.165) is 0 Å². The van der Waals surface area contributed by atoms with Crippen LogP contribution in [0.25, 0.3) is 0 Å². The molecule has 1 amide bonds. The van der Waals surface area contributed by atoms with Crippen LogP contribution < -0.4 is 5.32 Å². The lowest BCUT2D eigenvalue weighted by atomic mass is 10.3. The lowest BCUT2D eigenvalue weighted by Gasteiger charge is -2.13. The van der Waals surface area contributed by atoms with Gasteiger partial charge in [-0.3, -0.25) is 9.35 Å². The van der Waals surface area contributed by atoms with Crippen LogP contribution in [-0.2, 0) is 24.4 Å². The first-order valence-electron chi connectivity index (χ1n) is 4.80. The Hall–Kier alpha value is -0.700. The molecule has 2 N–H and O–H groups in total. The molecule has 0 saturated carbocycles. The molecule has 16 heavy (non-hydrogen) atoms. The van der Waals surface area contributed by atoms with Gasteiger partial charge in [0.25, 0.3) is 10.1 Å². The van der Waals surface area contributed by atoms with E-state index in [-0.39, 0.29) is 18.8 Å². The van der Waals surface area contributed by atoms with Gasteiger partial charge in [0.15, 0.2) is 5.75 Å². The Morgan fingerprint density at radius 2 is 2.31 bits per heavy atom. The zero-order chi connectivity index (χ0) is 12.2. The normalized spacial score (nSPS) is 21.5. The van der Waals surface area contributed by atoms with Crippen molar-refractivity contribution >= 4 is 16.0 Å². The summed E-state index contributed by atoms with van der Waals surface area (Å²) in [5, 5.41) is 2.39. The van der Waals surface area contributed by atoms with E-state index in [0.29, 0.717) is 13.2 Å². The van der Waals surface area contributed by atoms with E-state index in [1.54, 1.807) is 6.92 Å². The second-order valence-corrected chi connectivity index (χ2v) is 5.14. The number of amides is 1. The van der Waals surface area contributed by atoms with E-state index in [1.165, 1.54) is 0 Å². The molecule has 0 radical (unpaired) electrons. The van der Waals surface area contributed by atoms with E-state index in [4.69, 9.17) is 14.0 Å². The highest BCUT2D eigenvalue weighted by atomic mass is 32.2. The topological polar surface area (TPSA) is 105 Å². The molecule has 0 bridgehead atoms. The summed E-state index contributed by atoms with van der Waals surface area (Å²) < 4.78 is 39.3. The van der Waals surface area contributed by atoms with E-state index < -0.39 is 21.8 Å². The molecule has 2 unspecified atom stereocenters. The molecule has 0 aromatic rings. The Balaban J connectivity index is 2.11. The summed E-state index contributed by atoms with van der Waals surface area (Å²) in [6, 6.07) is -0.312. The van der Waals surface area contributed by atoms with Crippen LogP contribution in [0, 0.1) is 0 Å². The van der Waals surface area contributed by atoms with E-state index >= 15 is 0 Å². The number of carbonyl (C=O) groups is 1. The van der Waals surface area contributed by atoms with Gasteiger partial charge in [0, 0.05) is 6.04 Å². The number of nitrogens with one attached hydrogen (secondary N) is 1. The molecule has 1 rings (SSSR count). The predicted octanol–water partition coefficient (Wildman–Crippen LogP) is -1.21. The van der Waals surface area contributed by atoms with Gasteiger partial charge in [-0.15, -0.1) is 0 Å². The molecule has 1 saturated heterocycles. The Morgan fingerprint density at radius 1 is 1.69 bits per heavy atom. The monoisotopic (exact) mass is 253 g/mol. The fourth-order valence-electron chi connectivity index (χ4n) is 1.06. The summed E-state index contributed by atoms with van der Waals surface area (Å²) in [7, 11) is -4.27. The van der Waals surface area contributed by atoms with Crippen LogP contribution in [0.4, 0.5) is 0 Å². The van der Waals surface area contributed by atoms with Gasteiger partial charge < -0.3 is 14.8 Å². The highest BCUT2D eigenvalue weighted by Crippen LogP contribution is 2.08. The van der Waals surface area contributed by atoms with Crippen LogP contribution >= 0.6 is 0 Å². The second-order valence-electron chi connectivity index (χ2n) is 3.69. The van der Waals surface area contributed by atoms with Gasteiger partial charge in [-0.05, 0) is 6.92 Å². The van der Waals surface area contributed by atoms with Gasteiger partial charge in [0.2, 0.25) is 5.91 Å². The molecule has 0 spiro atoms. The van der Waals surface area contributed by atoms with Gasteiger partial charge >= 0.3 is 0 Å². The van der Waals surface area contributed by atoms with Gasteiger partial charge in [-0.2, -0.15) is 8.42 Å². The molecule has 7 nitrogen and oxygen atoms in total. The third-order valence-corrected chi connectivity index (χ3v) is 2.42. The Kier molecular flexibility index (Phi) is 4.66. The third-order valence-electron chi connectivity index (χ3n) is 1.79. The first-order chi connectivity index (χ1) is 7.37. The molecule has 0 aromatic carbocycles. The van der Waals surface area contributed by atoms with Gasteiger partial charge in [-0.1, -0.05) is 0 Å². The average molecular weight is 253 g/mol. The van der Waals surface area contributed by atoms with E-state index in [9.17, 15) is 13.2 Å². The molecule has 2 atom stereocenters. The van der Waals surface area contributed by atoms with Crippen LogP contribution in [0.1, 0.15) is 6.92 Å². The van der Waals surface area contributed by atoms with Crippen molar-refractivity contribution in [3.8, 4) is 0 Å². The van der Waals surface area contributed by atoms with Crippen molar-refractivity contribution in [1.29, 1.82) is 0 Å².